The second kappa shape index (κ2) is 3.93. The van der Waals surface area contributed by atoms with Crippen LogP contribution in [0.2, 0.25) is 0 Å². The van der Waals surface area contributed by atoms with Crippen LogP contribution in [0.5, 0.6) is 0 Å². The molecule has 0 aromatic heterocycles. The summed E-state index contributed by atoms with van der Waals surface area (Å²) < 4.78 is 0. The number of fused-ring (bicyclic) bond motifs is 2. The zero-order valence-electron chi connectivity index (χ0n) is 10.7. The minimum absolute atomic E-state index is 0.0956. The number of amides is 2. The Hall–Kier alpha value is -2.62. The van der Waals surface area contributed by atoms with Crippen molar-refractivity contribution in [2.75, 3.05) is 0 Å². The molecule has 2 aliphatic heterocycles. The van der Waals surface area contributed by atoms with Crippen molar-refractivity contribution in [3.63, 3.8) is 0 Å². The van der Waals surface area contributed by atoms with E-state index in [2.05, 4.69) is 0 Å². The van der Waals surface area contributed by atoms with Crippen molar-refractivity contribution in [3.8, 4) is 0 Å². The molecule has 2 heterocycles. The summed E-state index contributed by atoms with van der Waals surface area (Å²) in [6.07, 6.45) is 0. The summed E-state index contributed by atoms with van der Waals surface area (Å²) in [7, 11) is 0. The van der Waals surface area contributed by atoms with E-state index >= 15 is 0 Å². The van der Waals surface area contributed by atoms with Gasteiger partial charge in [0.2, 0.25) is 0 Å². The van der Waals surface area contributed by atoms with Crippen LogP contribution in [0.25, 0.3) is 0 Å². The fraction of sp³-hybridized carbons (Fsp3) is 0.125. The predicted molar refractivity (Wildman–Crippen MR) is 72.6 cm³/mol. The molecule has 4 rings (SSSR count). The number of rotatable bonds is 1. The first kappa shape index (κ1) is 11.2. The van der Waals surface area contributed by atoms with Crippen LogP contribution in [0.15, 0.2) is 48.5 Å². The topological polar surface area (TPSA) is 40.6 Å². The number of hydrogen-bond donors (Lipinski definition) is 0. The van der Waals surface area contributed by atoms with Gasteiger partial charge in [-0.05, 0) is 23.3 Å². The van der Waals surface area contributed by atoms with Gasteiger partial charge in [-0.1, -0.05) is 36.4 Å². The summed E-state index contributed by atoms with van der Waals surface area (Å²) in [5.41, 5.74) is 3.33. The van der Waals surface area contributed by atoms with E-state index in [1.807, 2.05) is 48.5 Å². The summed E-state index contributed by atoms with van der Waals surface area (Å²) in [5, 5.41) is 3.10. The Labute approximate surface area is 116 Å². The molecule has 4 heteroatoms. The second-order valence-electron chi connectivity index (χ2n) is 5.04. The molecular formula is C16H12N2O2. The number of hydrogen-bond acceptors (Lipinski definition) is 2. The van der Waals surface area contributed by atoms with Gasteiger partial charge in [0.25, 0.3) is 11.8 Å². The number of carbonyl (C=O) groups is 2. The van der Waals surface area contributed by atoms with Crippen LogP contribution in [0.1, 0.15) is 31.8 Å². The standard InChI is InChI=1S/C16H12N2O2/c19-15-13-7-3-1-5-11(13)9-17(15)18-10-12-6-2-4-8-14(12)16(18)20/h1-8H,9-10H2. The third-order valence-corrected chi connectivity index (χ3v) is 3.90. The zero-order chi connectivity index (χ0) is 13.7. The van der Waals surface area contributed by atoms with Gasteiger partial charge in [-0.3, -0.25) is 9.59 Å². The molecule has 0 bridgehead atoms. The molecule has 0 spiro atoms. The monoisotopic (exact) mass is 264 g/mol. The van der Waals surface area contributed by atoms with E-state index in [0.29, 0.717) is 24.2 Å². The zero-order valence-corrected chi connectivity index (χ0v) is 10.7. The Morgan fingerprint density at radius 3 is 1.45 bits per heavy atom. The van der Waals surface area contributed by atoms with Gasteiger partial charge >= 0.3 is 0 Å². The molecule has 0 N–H and O–H groups in total. The van der Waals surface area contributed by atoms with E-state index in [1.165, 1.54) is 0 Å². The molecule has 2 aliphatic rings. The van der Waals surface area contributed by atoms with Crippen molar-refractivity contribution in [1.29, 1.82) is 0 Å². The van der Waals surface area contributed by atoms with E-state index in [1.54, 1.807) is 10.0 Å². The molecule has 20 heavy (non-hydrogen) atoms. The highest BCUT2D eigenvalue weighted by molar-refractivity contribution is 6.03. The van der Waals surface area contributed by atoms with Crippen LogP contribution >= 0.6 is 0 Å². The summed E-state index contributed by atoms with van der Waals surface area (Å²) in [6.45, 7) is 0.934. The van der Waals surface area contributed by atoms with Crippen LogP contribution in [0.4, 0.5) is 0 Å². The lowest BCUT2D eigenvalue weighted by Gasteiger charge is -2.27. The van der Waals surface area contributed by atoms with E-state index in [9.17, 15) is 9.59 Å². The Morgan fingerprint density at radius 2 is 1.05 bits per heavy atom. The maximum atomic E-state index is 12.4. The number of carbonyl (C=O) groups excluding carboxylic acids is 2. The fourth-order valence-electron chi connectivity index (χ4n) is 2.87. The Kier molecular flexibility index (Phi) is 2.21. The van der Waals surface area contributed by atoms with Crippen LogP contribution in [-0.2, 0) is 13.1 Å². The first-order chi connectivity index (χ1) is 9.75. The highest BCUT2D eigenvalue weighted by Crippen LogP contribution is 2.30. The maximum Gasteiger partial charge on any atom is 0.273 e. The average Bonchev–Trinajstić information content (AvgIpc) is 2.98. The van der Waals surface area contributed by atoms with Gasteiger partial charge in [0.05, 0.1) is 13.1 Å². The van der Waals surface area contributed by atoms with Crippen LogP contribution in [0.3, 0.4) is 0 Å². The van der Waals surface area contributed by atoms with Gasteiger partial charge in [-0.2, -0.15) is 0 Å². The van der Waals surface area contributed by atoms with E-state index in [-0.39, 0.29) is 11.8 Å². The summed E-state index contributed by atoms with van der Waals surface area (Å²) in [5.74, 6) is -0.191. The third-order valence-electron chi connectivity index (χ3n) is 3.90. The maximum absolute atomic E-state index is 12.4. The molecule has 4 nitrogen and oxygen atoms in total. The molecule has 0 radical (unpaired) electrons. The van der Waals surface area contributed by atoms with E-state index in [0.717, 1.165) is 11.1 Å². The lowest BCUT2D eigenvalue weighted by Crippen LogP contribution is -2.42. The third kappa shape index (κ3) is 1.42. The van der Waals surface area contributed by atoms with Gasteiger partial charge in [-0.15, -0.1) is 0 Å². The predicted octanol–water partition coefficient (Wildman–Crippen LogP) is 2.21. The van der Waals surface area contributed by atoms with Gasteiger partial charge in [0.1, 0.15) is 0 Å². The van der Waals surface area contributed by atoms with Crippen molar-refractivity contribution < 1.29 is 9.59 Å². The molecule has 98 valence electrons. The largest absolute Gasteiger partial charge is 0.273 e. The van der Waals surface area contributed by atoms with E-state index in [4.69, 9.17) is 0 Å². The molecule has 2 aromatic carbocycles. The van der Waals surface area contributed by atoms with Gasteiger partial charge < -0.3 is 0 Å². The van der Waals surface area contributed by atoms with Crippen molar-refractivity contribution in [2.45, 2.75) is 13.1 Å². The molecular weight excluding hydrogens is 252 g/mol. The van der Waals surface area contributed by atoms with Crippen LogP contribution < -0.4 is 0 Å². The van der Waals surface area contributed by atoms with Crippen molar-refractivity contribution in [2.24, 2.45) is 0 Å². The van der Waals surface area contributed by atoms with Crippen molar-refractivity contribution in [1.82, 2.24) is 10.0 Å². The smallest absolute Gasteiger partial charge is 0.267 e. The number of nitrogens with zero attached hydrogens (tertiary/aromatic N) is 2. The second-order valence-corrected chi connectivity index (χ2v) is 5.04. The summed E-state index contributed by atoms with van der Waals surface area (Å²) >= 11 is 0. The first-order valence-electron chi connectivity index (χ1n) is 6.55. The average molecular weight is 264 g/mol. The lowest BCUT2D eigenvalue weighted by molar-refractivity contribution is -0.00157. The molecule has 0 saturated carbocycles. The minimum atomic E-state index is -0.0956. The normalized spacial score (nSPS) is 16.6. The molecule has 0 fully saturated rings. The Morgan fingerprint density at radius 1 is 0.650 bits per heavy atom. The lowest BCUT2D eigenvalue weighted by atomic mass is 10.1. The van der Waals surface area contributed by atoms with Crippen molar-refractivity contribution in [3.05, 3.63) is 70.8 Å². The highest BCUT2D eigenvalue weighted by Gasteiger charge is 2.38. The minimum Gasteiger partial charge on any atom is -0.267 e. The van der Waals surface area contributed by atoms with Crippen LogP contribution in [-0.4, -0.2) is 21.8 Å². The fourth-order valence-corrected chi connectivity index (χ4v) is 2.87. The Bertz CT molecular complexity index is 675. The Balaban J connectivity index is 1.69. The number of hydrazine groups is 1. The quantitative estimate of drug-likeness (QED) is 0.792. The number of benzene rings is 2. The highest BCUT2D eigenvalue weighted by atomic mass is 16.2. The molecule has 0 unspecified atom stereocenters. The molecule has 0 saturated heterocycles. The van der Waals surface area contributed by atoms with Crippen LogP contribution in [0, 0.1) is 0 Å². The molecule has 0 atom stereocenters. The van der Waals surface area contributed by atoms with Crippen molar-refractivity contribution >= 4 is 11.8 Å². The molecule has 2 amide bonds. The van der Waals surface area contributed by atoms with Gasteiger partial charge in [0, 0.05) is 11.1 Å². The van der Waals surface area contributed by atoms with Gasteiger partial charge in [0.15, 0.2) is 0 Å². The SMILES string of the molecule is O=C1c2ccccc2CN1N1Cc2ccccc2C1=O. The van der Waals surface area contributed by atoms with Gasteiger partial charge in [-0.25, -0.2) is 10.0 Å². The summed E-state index contributed by atoms with van der Waals surface area (Å²) in [4.78, 5) is 24.8. The molecule has 2 aromatic rings. The molecule has 0 aliphatic carbocycles. The summed E-state index contributed by atoms with van der Waals surface area (Å²) in [6, 6.07) is 15.0. The first-order valence-corrected chi connectivity index (χ1v) is 6.55. The van der Waals surface area contributed by atoms with E-state index < -0.39 is 0 Å².